The molecule has 5 nitrogen and oxygen atoms in total. The Balaban J connectivity index is 2.80. The van der Waals surface area contributed by atoms with Crippen LogP contribution in [0.3, 0.4) is 0 Å². The van der Waals surface area contributed by atoms with Crippen molar-refractivity contribution in [3.8, 4) is 0 Å². The van der Waals surface area contributed by atoms with E-state index in [2.05, 4.69) is 4.99 Å². The van der Waals surface area contributed by atoms with E-state index in [1.54, 1.807) is 0 Å². The van der Waals surface area contributed by atoms with E-state index < -0.39 is 29.6 Å². The van der Waals surface area contributed by atoms with Crippen LogP contribution in [-0.2, 0) is 9.59 Å². The molecule has 1 heterocycles. The van der Waals surface area contributed by atoms with E-state index >= 15 is 0 Å². The zero-order valence-electron chi connectivity index (χ0n) is 14.7. The molecule has 0 saturated heterocycles. The summed E-state index contributed by atoms with van der Waals surface area (Å²) in [6.45, 7) is 7.31. The zero-order chi connectivity index (χ0) is 18.9. The number of carboxylic acid groups (broad SMARTS) is 2. The lowest BCUT2D eigenvalue weighted by Gasteiger charge is -2.34. The van der Waals surface area contributed by atoms with Crippen molar-refractivity contribution >= 4 is 17.7 Å². The summed E-state index contributed by atoms with van der Waals surface area (Å²) in [4.78, 5) is 28.4. The molecule has 0 radical (unpaired) electrons. The van der Waals surface area contributed by atoms with Gasteiger partial charge in [0.25, 0.3) is 0 Å². The molecule has 2 unspecified atom stereocenters. The first-order valence-corrected chi connectivity index (χ1v) is 8.19. The predicted molar refractivity (Wildman–Crippen MR) is 92.0 cm³/mol. The number of aliphatic imine (C=N–C) groups is 1. The minimum Gasteiger partial charge on any atom is -0.481 e. The zero-order valence-corrected chi connectivity index (χ0v) is 14.7. The average molecular weight is 347 g/mol. The van der Waals surface area contributed by atoms with Gasteiger partial charge in [-0.25, -0.2) is 9.18 Å². The molecule has 1 aliphatic rings. The van der Waals surface area contributed by atoms with Crippen molar-refractivity contribution in [2.24, 2.45) is 22.7 Å². The van der Waals surface area contributed by atoms with Crippen LogP contribution in [0, 0.1) is 23.6 Å². The fourth-order valence-electron chi connectivity index (χ4n) is 3.23. The molecular weight excluding hydrogens is 325 g/mol. The van der Waals surface area contributed by atoms with Crippen molar-refractivity contribution in [3.05, 3.63) is 46.9 Å². The Bertz CT molecular complexity index is 747. The summed E-state index contributed by atoms with van der Waals surface area (Å²) in [5.74, 6) is -5.15. The quantitative estimate of drug-likeness (QED) is 0.850. The van der Waals surface area contributed by atoms with Crippen molar-refractivity contribution in [1.29, 1.82) is 0 Å². The monoisotopic (exact) mass is 347 g/mol. The molecule has 0 saturated carbocycles. The van der Waals surface area contributed by atoms with Crippen LogP contribution >= 0.6 is 0 Å². The Morgan fingerprint density at radius 2 is 1.60 bits per heavy atom. The third-order valence-electron chi connectivity index (χ3n) is 4.35. The molecule has 0 bridgehead atoms. The number of carbonyl (C=O) groups is 2. The van der Waals surface area contributed by atoms with Crippen LogP contribution in [0.15, 0.2) is 40.5 Å². The molecule has 25 heavy (non-hydrogen) atoms. The molecule has 2 atom stereocenters. The fourth-order valence-corrected chi connectivity index (χ4v) is 3.23. The fraction of sp³-hybridized carbons (Fsp3) is 0.421. The Morgan fingerprint density at radius 1 is 1.04 bits per heavy atom. The van der Waals surface area contributed by atoms with E-state index in [-0.39, 0.29) is 17.4 Å². The van der Waals surface area contributed by atoms with Crippen LogP contribution < -0.4 is 0 Å². The molecule has 1 aromatic carbocycles. The van der Waals surface area contributed by atoms with Gasteiger partial charge in [-0.15, -0.1) is 0 Å². The maximum absolute atomic E-state index is 13.3. The number of carboxylic acids is 2. The molecule has 1 aliphatic heterocycles. The summed E-state index contributed by atoms with van der Waals surface area (Å²) in [5, 5.41) is 19.6. The Kier molecular flexibility index (Phi) is 5.40. The van der Waals surface area contributed by atoms with Crippen molar-refractivity contribution in [1.82, 2.24) is 0 Å². The van der Waals surface area contributed by atoms with Gasteiger partial charge in [-0.2, -0.15) is 0 Å². The molecule has 2 rings (SSSR count). The minimum atomic E-state index is -1.20. The van der Waals surface area contributed by atoms with Gasteiger partial charge in [0.1, 0.15) is 11.7 Å². The summed E-state index contributed by atoms with van der Waals surface area (Å²) in [6, 6.07) is 5.31. The molecule has 0 aliphatic carbocycles. The third-order valence-corrected chi connectivity index (χ3v) is 4.35. The number of aliphatic carboxylic acids is 2. The number of allylic oxidation sites excluding steroid dienone is 1. The maximum Gasteiger partial charge on any atom is 0.334 e. The van der Waals surface area contributed by atoms with Gasteiger partial charge in [0.15, 0.2) is 0 Å². The maximum atomic E-state index is 13.3. The van der Waals surface area contributed by atoms with Crippen molar-refractivity contribution in [2.75, 3.05) is 0 Å². The highest BCUT2D eigenvalue weighted by atomic mass is 19.1. The number of rotatable bonds is 5. The van der Waals surface area contributed by atoms with Crippen LogP contribution in [0.5, 0.6) is 0 Å². The molecule has 0 aromatic heterocycles. The van der Waals surface area contributed by atoms with Crippen LogP contribution in [0.25, 0.3) is 0 Å². The van der Waals surface area contributed by atoms with Crippen LogP contribution in [0.1, 0.15) is 39.2 Å². The van der Waals surface area contributed by atoms with E-state index in [1.807, 2.05) is 27.7 Å². The highest BCUT2D eigenvalue weighted by Gasteiger charge is 2.44. The van der Waals surface area contributed by atoms with Gasteiger partial charge in [0.05, 0.1) is 11.3 Å². The van der Waals surface area contributed by atoms with Crippen LogP contribution in [0.2, 0.25) is 0 Å². The van der Waals surface area contributed by atoms with E-state index in [1.165, 1.54) is 24.3 Å². The van der Waals surface area contributed by atoms with Gasteiger partial charge >= 0.3 is 11.9 Å². The topological polar surface area (TPSA) is 87.0 Å². The van der Waals surface area contributed by atoms with E-state index in [9.17, 15) is 24.2 Å². The second-order valence-corrected chi connectivity index (χ2v) is 6.80. The molecular formula is C19H22FNO4. The highest BCUT2D eigenvalue weighted by molar-refractivity contribution is 6.08. The van der Waals surface area contributed by atoms with Gasteiger partial charge in [-0.3, -0.25) is 9.79 Å². The van der Waals surface area contributed by atoms with Gasteiger partial charge in [0, 0.05) is 11.6 Å². The van der Waals surface area contributed by atoms with E-state index in [0.29, 0.717) is 17.0 Å². The Hall–Kier alpha value is -2.50. The van der Waals surface area contributed by atoms with Crippen molar-refractivity contribution in [2.45, 2.75) is 33.6 Å². The summed E-state index contributed by atoms with van der Waals surface area (Å²) < 4.78 is 13.3. The first-order chi connectivity index (χ1) is 11.6. The van der Waals surface area contributed by atoms with E-state index in [4.69, 9.17) is 0 Å². The lowest BCUT2D eigenvalue weighted by molar-refractivity contribution is -0.140. The summed E-state index contributed by atoms with van der Waals surface area (Å²) in [6.07, 6.45) is 0. The largest absolute Gasteiger partial charge is 0.481 e. The molecule has 2 N–H and O–H groups in total. The van der Waals surface area contributed by atoms with Crippen LogP contribution in [0.4, 0.5) is 4.39 Å². The standard InChI is InChI=1S/C19H22FNO4/c1-9(2)16-14(18(22)23)13(11-5-7-12(20)8-6-11)15(19(24)25)17(21-16)10(3)4/h5-10,13-14H,1-4H3,(H,22,23)(H,24,25). The summed E-state index contributed by atoms with van der Waals surface area (Å²) in [5.41, 5.74) is 1.24. The minimum absolute atomic E-state index is 0.0293. The SMILES string of the molecule is CC(C)C1=NC(C(C)C)=C(C(=O)O)C(c2ccc(F)cc2)C1C(=O)O. The molecule has 0 amide bonds. The second-order valence-electron chi connectivity index (χ2n) is 6.80. The molecule has 134 valence electrons. The highest BCUT2D eigenvalue weighted by Crippen LogP contribution is 2.42. The normalized spacial score (nSPS) is 20.8. The first kappa shape index (κ1) is 18.8. The average Bonchev–Trinajstić information content (AvgIpc) is 2.52. The third kappa shape index (κ3) is 3.62. The molecule has 6 heteroatoms. The van der Waals surface area contributed by atoms with Crippen molar-refractivity contribution in [3.63, 3.8) is 0 Å². The lowest BCUT2D eigenvalue weighted by Crippen LogP contribution is -2.39. The second kappa shape index (κ2) is 7.17. The van der Waals surface area contributed by atoms with Gasteiger partial charge < -0.3 is 10.2 Å². The summed E-state index contributed by atoms with van der Waals surface area (Å²) in [7, 11) is 0. The van der Waals surface area contributed by atoms with Gasteiger partial charge in [-0.1, -0.05) is 39.8 Å². The Morgan fingerprint density at radius 3 is 2.00 bits per heavy atom. The molecule has 0 fully saturated rings. The predicted octanol–water partition coefficient (Wildman–Crippen LogP) is 3.72. The smallest absolute Gasteiger partial charge is 0.334 e. The van der Waals surface area contributed by atoms with Gasteiger partial charge in [0.2, 0.25) is 0 Å². The van der Waals surface area contributed by atoms with Crippen LogP contribution in [-0.4, -0.2) is 27.9 Å². The van der Waals surface area contributed by atoms with Gasteiger partial charge in [-0.05, 0) is 29.5 Å². The number of nitrogens with zero attached hydrogens (tertiary/aromatic N) is 1. The lowest BCUT2D eigenvalue weighted by atomic mass is 9.72. The Labute approximate surface area is 145 Å². The number of halogens is 1. The first-order valence-electron chi connectivity index (χ1n) is 8.19. The van der Waals surface area contributed by atoms with E-state index in [0.717, 1.165) is 0 Å². The number of benzene rings is 1. The van der Waals surface area contributed by atoms with Crippen molar-refractivity contribution < 1.29 is 24.2 Å². The number of hydrogen-bond acceptors (Lipinski definition) is 3. The molecule has 0 spiro atoms. The number of hydrogen-bond donors (Lipinski definition) is 2. The molecule has 1 aromatic rings. The summed E-state index contributed by atoms with van der Waals surface area (Å²) >= 11 is 0.